The quantitative estimate of drug-likeness (QED) is 0.427. The second kappa shape index (κ2) is 10.1. The van der Waals surface area contributed by atoms with Crippen molar-refractivity contribution in [2.75, 3.05) is 6.61 Å². The molecule has 3 rings (SSSR count). The number of para-hydroxylation sites is 1. The zero-order valence-electron chi connectivity index (χ0n) is 17.1. The van der Waals surface area contributed by atoms with Crippen molar-refractivity contribution in [1.82, 2.24) is 20.6 Å². The van der Waals surface area contributed by atoms with Gasteiger partial charge in [0.25, 0.3) is 5.91 Å². The van der Waals surface area contributed by atoms with Crippen molar-refractivity contribution in [2.24, 2.45) is 0 Å². The number of ether oxygens (including phenoxy) is 1. The van der Waals surface area contributed by atoms with Crippen LogP contribution in [0.2, 0.25) is 5.02 Å². The average molecular weight is 445 g/mol. The van der Waals surface area contributed by atoms with Gasteiger partial charge >= 0.3 is 0 Å². The summed E-state index contributed by atoms with van der Waals surface area (Å²) in [6.07, 6.45) is 1.96. The van der Waals surface area contributed by atoms with Crippen LogP contribution in [0, 0.1) is 19.7 Å². The molecule has 0 saturated heterocycles. The first kappa shape index (κ1) is 22.3. The van der Waals surface area contributed by atoms with Crippen LogP contribution in [-0.2, 0) is 4.79 Å². The number of hydrogen-bond donors (Lipinski definition) is 2. The molecule has 0 fully saturated rings. The van der Waals surface area contributed by atoms with Gasteiger partial charge in [0.1, 0.15) is 17.3 Å². The lowest BCUT2D eigenvalue weighted by Gasteiger charge is -2.10. The van der Waals surface area contributed by atoms with Crippen LogP contribution in [0.4, 0.5) is 4.39 Å². The Kier molecular flexibility index (Phi) is 7.25. The van der Waals surface area contributed by atoms with E-state index < -0.39 is 11.7 Å². The van der Waals surface area contributed by atoms with Crippen LogP contribution >= 0.6 is 11.6 Å². The Bertz CT molecular complexity index is 1100. The number of carbonyl (C=O) groups is 2. The van der Waals surface area contributed by atoms with Gasteiger partial charge in [-0.05, 0) is 56.2 Å². The number of nitrogens with one attached hydrogen (secondary N) is 2. The molecule has 0 aliphatic carbocycles. The van der Waals surface area contributed by atoms with E-state index >= 15 is 0 Å². The zero-order valence-corrected chi connectivity index (χ0v) is 17.9. The highest BCUT2D eigenvalue weighted by molar-refractivity contribution is 6.30. The summed E-state index contributed by atoms with van der Waals surface area (Å²) in [6, 6.07) is 11.4. The Labute approximate surface area is 184 Å². The summed E-state index contributed by atoms with van der Waals surface area (Å²) in [5, 5.41) is 4.71. The molecule has 1 aromatic heterocycles. The van der Waals surface area contributed by atoms with Crippen molar-refractivity contribution >= 4 is 23.4 Å². The van der Waals surface area contributed by atoms with E-state index in [1.54, 1.807) is 43.3 Å². The third-order valence-corrected chi connectivity index (χ3v) is 4.83. The highest BCUT2D eigenvalue weighted by atomic mass is 35.5. The summed E-state index contributed by atoms with van der Waals surface area (Å²) in [6.45, 7) is 3.88. The molecule has 7 nitrogen and oxygen atoms in total. The number of halogens is 2. The minimum Gasteiger partial charge on any atom is -0.493 e. The van der Waals surface area contributed by atoms with Crippen LogP contribution in [0.25, 0.3) is 5.69 Å². The van der Waals surface area contributed by atoms with E-state index in [1.165, 1.54) is 16.9 Å². The lowest BCUT2D eigenvalue weighted by molar-refractivity contribution is -0.122. The molecule has 0 atom stereocenters. The Morgan fingerprint density at radius 3 is 2.68 bits per heavy atom. The van der Waals surface area contributed by atoms with E-state index in [0.29, 0.717) is 29.5 Å². The summed E-state index contributed by atoms with van der Waals surface area (Å²) in [4.78, 5) is 24.4. The standard InChI is InChI=1S/C22H22ClFN4O3/c1-14-12-16(23)9-10-20(14)31-11-5-8-21(29)26-27-22(30)17-13-25-28(15(17)2)19-7-4-3-6-18(19)24/h3-4,6-7,9-10,12-13H,5,8,11H2,1-2H3,(H,26,29)(H,27,30). The van der Waals surface area contributed by atoms with Gasteiger partial charge in [0.15, 0.2) is 0 Å². The number of nitrogens with zero attached hydrogens (tertiary/aromatic N) is 2. The van der Waals surface area contributed by atoms with Crippen molar-refractivity contribution in [3.63, 3.8) is 0 Å². The summed E-state index contributed by atoms with van der Waals surface area (Å²) in [7, 11) is 0. The summed E-state index contributed by atoms with van der Waals surface area (Å²) in [5.41, 5.74) is 6.54. The Morgan fingerprint density at radius 1 is 1.16 bits per heavy atom. The van der Waals surface area contributed by atoms with Gasteiger partial charge in [-0.25, -0.2) is 9.07 Å². The fourth-order valence-electron chi connectivity index (χ4n) is 2.94. The monoisotopic (exact) mass is 444 g/mol. The molecule has 0 bridgehead atoms. The Hall–Kier alpha value is -3.39. The molecule has 0 radical (unpaired) electrons. The van der Waals surface area contributed by atoms with E-state index in [9.17, 15) is 14.0 Å². The average Bonchev–Trinajstić information content (AvgIpc) is 3.12. The number of aromatic nitrogens is 2. The molecule has 0 saturated carbocycles. The molecule has 3 aromatic rings. The van der Waals surface area contributed by atoms with Crippen LogP contribution in [0.1, 0.15) is 34.5 Å². The summed E-state index contributed by atoms with van der Waals surface area (Å²) >= 11 is 5.91. The maximum atomic E-state index is 14.0. The molecule has 0 aliphatic heterocycles. The van der Waals surface area contributed by atoms with Crippen molar-refractivity contribution in [2.45, 2.75) is 26.7 Å². The van der Waals surface area contributed by atoms with Gasteiger partial charge in [0.05, 0.1) is 24.1 Å². The second-order valence-corrected chi connectivity index (χ2v) is 7.31. The first-order chi connectivity index (χ1) is 14.9. The first-order valence-electron chi connectivity index (χ1n) is 9.64. The molecule has 0 unspecified atom stereocenters. The van der Waals surface area contributed by atoms with Crippen LogP contribution < -0.4 is 15.6 Å². The highest BCUT2D eigenvalue weighted by Crippen LogP contribution is 2.22. The van der Waals surface area contributed by atoms with Crippen LogP contribution in [0.5, 0.6) is 5.75 Å². The highest BCUT2D eigenvalue weighted by Gasteiger charge is 2.17. The number of hydrazine groups is 1. The maximum absolute atomic E-state index is 14.0. The van der Waals surface area contributed by atoms with Crippen LogP contribution in [0.3, 0.4) is 0 Å². The second-order valence-electron chi connectivity index (χ2n) is 6.87. The molecule has 2 amide bonds. The normalized spacial score (nSPS) is 10.6. The minimum atomic E-state index is -0.540. The molecule has 162 valence electrons. The van der Waals surface area contributed by atoms with E-state index in [1.807, 2.05) is 6.92 Å². The minimum absolute atomic E-state index is 0.167. The van der Waals surface area contributed by atoms with Gasteiger partial charge in [-0.2, -0.15) is 5.10 Å². The van der Waals surface area contributed by atoms with Gasteiger partial charge in [0, 0.05) is 11.4 Å². The van der Waals surface area contributed by atoms with E-state index in [2.05, 4.69) is 16.0 Å². The third-order valence-electron chi connectivity index (χ3n) is 4.59. The van der Waals surface area contributed by atoms with Crippen molar-refractivity contribution in [3.05, 3.63) is 76.3 Å². The van der Waals surface area contributed by atoms with Crippen molar-refractivity contribution in [3.8, 4) is 11.4 Å². The lowest BCUT2D eigenvalue weighted by Crippen LogP contribution is -2.41. The number of hydrogen-bond acceptors (Lipinski definition) is 4. The fourth-order valence-corrected chi connectivity index (χ4v) is 3.17. The van der Waals surface area contributed by atoms with Crippen molar-refractivity contribution in [1.29, 1.82) is 0 Å². The molecular formula is C22H22ClFN4O3. The summed E-state index contributed by atoms with van der Waals surface area (Å²) in [5.74, 6) is -0.643. The predicted octanol–water partition coefficient (Wildman–Crippen LogP) is 3.90. The van der Waals surface area contributed by atoms with Gasteiger partial charge in [0.2, 0.25) is 5.91 Å². The smallest absolute Gasteiger partial charge is 0.273 e. The van der Waals surface area contributed by atoms with Gasteiger partial charge in [-0.1, -0.05) is 23.7 Å². The van der Waals surface area contributed by atoms with E-state index in [4.69, 9.17) is 16.3 Å². The predicted molar refractivity (Wildman–Crippen MR) is 115 cm³/mol. The number of carbonyl (C=O) groups excluding carboxylic acids is 2. The zero-order chi connectivity index (χ0) is 22.4. The number of benzene rings is 2. The summed E-state index contributed by atoms with van der Waals surface area (Å²) < 4.78 is 21.0. The van der Waals surface area contributed by atoms with Gasteiger partial charge in [-0.3, -0.25) is 20.4 Å². The molecule has 31 heavy (non-hydrogen) atoms. The molecule has 2 N–H and O–H groups in total. The number of amides is 2. The Balaban J connectivity index is 1.46. The van der Waals surface area contributed by atoms with Crippen LogP contribution in [-0.4, -0.2) is 28.2 Å². The number of aryl methyl sites for hydroxylation is 1. The lowest BCUT2D eigenvalue weighted by atomic mass is 10.2. The van der Waals surface area contributed by atoms with E-state index in [-0.39, 0.29) is 23.6 Å². The largest absolute Gasteiger partial charge is 0.493 e. The maximum Gasteiger partial charge on any atom is 0.273 e. The topological polar surface area (TPSA) is 85.2 Å². The molecule has 2 aromatic carbocycles. The van der Waals surface area contributed by atoms with Crippen LogP contribution in [0.15, 0.2) is 48.7 Å². The van der Waals surface area contributed by atoms with Gasteiger partial charge in [-0.15, -0.1) is 0 Å². The van der Waals surface area contributed by atoms with Crippen molar-refractivity contribution < 1.29 is 18.7 Å². The SMILES string of the molecule is Cc1cc(Cl)ccc1OCCCC(=O)NNC(=O)c1cnn(-c2ccccc2F)c1C. The molecule has 0 spiro atoms. The van der Waals surface area contributed by atoms with Gasteiger partial charge < -0.3 is 4.74 Å². The van der Waals surface area contributed by atoms with E-state index in [0.717, 1.165) is 5.56 Å². The Morgan fingerprint density at radius 2 is 1.94 bits per heavy atom. The first-order valence-corrected chi connectivity index (χ1v) is 10.0. The third kappa shape index (κ3) is 5.61. The molecule has 1 heterocycles. The molecular weight excluding hydrogens is 423 g/mol. The number of rotatable bonds is 7. The molecule has 0 aliphatic rings. The fraction of sp³-hybridized carbons (Fsp3) is 0.227. The molecule has 9 heteroatoms.